The zero-order chi connectivity index (χ0) is 15.6. The van der Waals surface area contributed by atoms with Crippen LogP contribution in [0, 0.1) is 0 Å². The summed E-state index contributed by atoms with van der Waals surface area (Å²) < 4.78 is 0.305. The number of rotatable bonds is 10. The molecule has 114 valence electrons. The molecule has 0 atom stereocenters. The lowest BCUT2D eigenvalue weighted by Gasteiger charge is -2.26. The van der Waals surface area contributed by atoms with E-state index in [2.05, 4.69) is 30.6 Å². The Hall–Kier alpha value is -1.46. The SMILES string of the molecule is C=C/C(CC(=O)NCCCO)=C(\CCC)[N+](C)(C)N=C. The van der Waals surface area contributed by atoms with Gasteiger partial charge in [-0.3, -0.25) is 4.79 Å². The fourth-order valence-electron chi connectivity index (χ4n) is 1.94. The second kappa shape index (κ2) is 9.44. The first-order valence-electron chi connectivity index (χ1n) is 6.97. The minimum Gasteiger partial charge on any atom is -0.396 e. The van der Waals surface area contributed by atoms with Crippen LogP contribution in [-0.2, 0) is 4.79 Å². The van der Waals surface area contributed by atoms with Crippen LogP contribution in [0.1, 0.15) is 32.6 Å². The fraction of sp³-hybridized carbons (Fsp3) is 0.600. The van der Waals surface area contributed by atoms with Gasteiger partial charge >= 0.3 is 0 Å². The zero-order valence-electron chi connectivity index (χ0n) is 13.0. The van der Waals surface area contributed by atoms with Gasteiger partial charge < -0.3 is 10.4 Å². The Kier molecular flexibility index (Phi) is 8.76. The lowest BCUT2D eigenvalue weighted by molar-refractivity contribution is -0.860. The molecule has 1 amide bonds. The van der Waals surface area contributed by atoms with E-state index in [4.69, 9.17) is 5.11 Å². The first-order chi connectivity index (χ1) is 9.42. The Morgan fingerprint density at radius 2 is 2.10 bits per heavy atom. The number of amides is 1. The molecular weight excluding hydrogens is 254 g/mol. The number of hydrogen-bond donors (Lipinski definition) is 2. The maximum atomic E-state index is 11.9. The Bertz CT molecular complexity index is 373. The lowest BCUT2D eigenvalue weighted by atomic mass is 10.0. The monoisotopic (exact) mass is 282 g/mol. The average molecular weight is 282 g/mol. The predicted molar refractivity (Wildman–Crippen MR) is 83.1 cm³/mol. The van der Waals surface area contributed by atoms with Crippen LogP contribution in [-0.4, -0.2) is 49.6 Å². The van der Waals surface area contributed by atoms with E-state index in [1.165, 1.54) is 0 Å². The van der Waals surface area contributed by atoms with Gasteiger partial charge in [0.1, 0.15) is 5.70 Å². The summed E-state index contributed by atoms with van der Waals surface area (Å²) in [5.74, 6) is -0.0639. The molecule has 0 aromatic heterocycles. The third-order valence-electron chi connectivity index (χ3n) is 3.13. The zero-order valence-corrected chi connectivity index (χ0v) is 13.0. The summed E-state index contributed by atoms with van der Waals surface area (Å²) in [4.78, 5) is 11.9. The van der Waals surface area contributed by atoms with Gasteiger partial charge in [0.05, 0.1) is 20.5 Å². The van der Waals surface area contributed by atoms with Crippen molar-refractivity contribution in [2.75, 3.05) is 27.2 Å². The first kappa shape index (κ1) is 18.5. The van der Waals surface area contributed by atoms with Crippen LogP contribution in [0.2, 0.25) is 0 Å². The molecule has 20 heavy (non-hydrogen) atoms. The van der Waals surface area contributed by atoms with Gasteiger partial charge in [0.15, 0.2) is 0 Å². The molecule has 0 spiro atoms. The van der Waals surface area contributed by atoms with Gasteiger partial charge in [-0.2, -0.15) is 4.59 Å². The predicted octanol–water partition coefficient (Wildman–Crippen LogP) is 1.81. The van der Waals surface area contributed by atoms with Gasteiger partial charge in [-0.15, -0.1) is 0 Å². The van der Waals surface area contributed by atoms with Crippen LogP contribution < -0.4 is 5.32 Å². The molecule has 2 N–H and O–H groups in total. The summed E-state index contributed by atoms with van der Waals surface area (Å²) in [7, 11) is 3.87. The van der Waals surface area contributed by atoms with E-state index in [0.717, 1.165) is 24.1 Å². The Balaban J connectivity index is 5.04. The molecule has 0 aliphatic carbocycles. The molecule has 0 aromatic rings. The van der Waals surface area contributed by atoms with E-state index < -0.39 is 0 Å². The van der Waals surface area contributed by atoms with Gasteiger partial charge in [0, 0.05) is 31.9 Å². The van der Waals surface area contributed by atoms with Gasteiger partial charge in [0.25, 0.3) is 0 Å². The number of aliphatic hydroxyl groups is 1. The molecule has 0 radical (unpaired) electrons. The maximum absolute atomic E-state index is 11.9. The van der Waals surface area contributed by atoms with Crippen molar-refractivity contribution in [1.82, 2.24) is 5.32 Å². The molecule has 5 heteroatoms. The normalized spacial score (nSPS) is 12.6. The Labute approximate surface area is 122 Å². The lowest BCUT2D eigenvalue weighted by Crippen LogP contribution is -2.34. The molecule has 5 nitrogen and oxygen atoms in total. The van der Waals surface area contributed by atoms with Crippen LogP contribution in [0.15, 0.2) is 29.0 Å². The van der Waals surface area contributed by atoms with Crippen molar-refractivity contribution in [3.8, 4) is 0 Å². The molecule has 0 saturated carbocycles. The highest BCUT2D eigenvalue weighted by Gasteiger charge is 2.24. The number of aliphatic hydroxyl groups excluding tert-OH is 1. The molecule has 0 saturated heterocycles. The number of nitrogens with one attached hydrogen (secondary N) is 1. The van der Waals surface area contributed by atoms with Crippen LogP contribution in [0.25, 0.3) is 0 Å². The molecule has 0 aliphatic heterocycles. The molecule has 0 aliphatic rings. The maximum Gasteiger partial charge on any atom is 0.224 e. The number of nitrogens with zero attached hydrogens (tertiary/aromatic N) is 2. The van der Waals surface area contributed by atoms with Crippen molar-refractivity contribution in [2.45, 2.75) is 32.6 Å². The molecule has 0 bridgehead atoms. The molecule has 0 fully saturated rings. The van der Waals surface area contributed by atoms with E-state index >= 15 is 0 Å². The third-order valence-corrected chi connectivity index (χ3v) is 3.13. The minimum atomic E-state index is -0.0639. The topological polar surface area (TPSA) is 61.7 Å². The van der Waals surface area contributed by atoms with Crippen LogP contribution >= 0.6 is 0 Å². The van der Waals surface area contributed by atoms with Crippen molar-refractivity contribution in [2.24, 2.45) is 5.10 Å². The second-order valence-electron chi connectivity index (χ2n) is 5.07. The van der Waals surface area contributed by atoms with Crippen molar-refractivity contribution in [1.29, 1.82) is 0 Å². The highest BCUT2D eigenvalue weighted by atomic mass is 16.3. The summed E-state index contributed by atoms with van der Waals surface area (Å²) in [6, 6.07) is 0. The summed E-state index contributed by atoms with van der Waals surface area (Å²) in [6.45, 7) is 10.1. The van der Waals surface area contributed by atoms with E-state index in [0.29, 0.717) is 17.6 Å². The number of carbonyl (C=O) groups is 1. The summed E-state index contributed by atoms with van der Waals surface area (Å²) >= 11 is 0. The largest absolute Gasteiger partial charge is 0.396 e. The van der Waals surface area contributed by atoms with Crippen molar-refractivity contribution in [3.63, 3.8) is 0 Å². The van der Waals surface area contributed by atoms with E-state index in [9.17, 15) is 4.79 Å². The minimum absolute atomic E-state index is 0.0639. The number of hydrogen-bond acceptors (Lipinski definition) is 3. The van der Waals surface area contributed by atoms with E-state index in [1.54, 1.807) is 6.08 Å². The number of carbonyl (C=O) groups excluding carboxylic acids is 1. The average Bonchev–Trinajstić information content (AvgIpc) is 2.42. The first-order valence-corrected chi connectivity index (χ1v) is 6.97. The van der Waals surface area contributed by atoms with Crippen LogP contribution in [0.3, 0.4) is 0 Å². The molecule has 0 heterocycles. The van der Waals surface area contributed by atoms with Gasteiger partial charge in [-0.05, 0) is 12.8 Å². The molecule has 0 aromatic carbocycles. The Morgan fingerprint density at radius 1 is 1.45 bits per heavy atom. The number of allylic oxidation sites excluding steroid dienone is 2. The fourth-order valence-corrected chi connectivity index (χ4v) is 1.94. The van der Waals surface area contributed by atoms with Gasteiger partial charge in [0.2, 0.25) is 5.91 Å². The van der Waals surface area contributed by atoms with Gasteiger partial charge in [-0.1, -0.05) is 24.7 Å². The van der Waals surface area contributed by atoms with Crippen molar-refractivity contribution in [3.05, 3.63) is 23.9 Å². The molecule has 0 rings (SSSR count). The highest BCUT2D eigenvalue weighted by Crippen LogP contribution is 2.24. The van der Waals surface area contributed by atoms with E-state index in [1.807, 2.05) is 14.1 Å². The smallest absolute Gasteiger partial charge is 0.224 e. The highest BCUT2D eigenvalue weighted by molar-refractivity contribution is 5.79. The molecular formula is C15H28N3O2+. The third kappa shape index (κ3) is 6.12. The van der Waals surface area contributed by atoms with Crippen LogP contribution in [0.4, 0.5) is 0 Å². The summed E-state index contributed by atoms with van der Waals surface area (Å²) in [5, 5.41) is 15.6. The Morgan fingerprint density at radius 3 is 2.55 bits per heavy atom. The van der Waals surface area contributed by atoms with Crippen molar-refractivity contribution < 1.29 is 14.5 Å². The second-order valence-corrected chi connectivity index (χ2v) is 5.07. The number of quaternary nitrogens is 1. The standard InChI is InChI=1S/C15H27N3O2/c1-6-9-14(18(4,5)16-3)13(7-2)12-15(20)17-10-8-11-19/h7,19H,2-3,6,8-12H2,1,4-5H3/p+1/b14-13-. The summed E-state index contributed by atoms with van der Waals surface area (Å²) in [6.07, 6.45) is 4.38. The van der Waals surface area contributed by atoms with E-state index in [-0.39, 0.29) is 18.9 Å². The van der Waals surface area contributed by atoms with Crippen LogP contribution in [0.5, 0.6) is 0 Å². The summed E-state index contributed by atoms with van der Waals surface area (Å²) in [5.41, 5.74) is 1.94. The molecule has 0 unspecified atom stereocenters. The quantitative estimate of drug-likeness (QED) is 0.211. The van der Waals surface area contributed by atoms with Gasteiger partial charge in [-0.25, -0.2) is 0 Å². The van der Waals surface area contributed by atoms with Crippen molar-refractivity contribution >= 4 is 12.6 Å².